The van der Waals surface area contributed by atoms with Crippen molar-refractivity contribution in [2.75, 3.05) is 18.0 Å². The average Bonchev–Trinajstić information content (AvgIpc) is 2.93. The number of imidazole rings is 1. The van der Waals surface area contributed by atoms with Crippen molar-refractivity contribution < 1.29 is 5.11 Å². The Morgan fingerprint density at radius 3 is 2.67 bits per heavy atom. The topological polar surface area (TPSA) is 54.2 Å². The Hall–Kier alpha value is -1.88. The Labute approximate surface area is 125 Å². The number of aryl methyl sites for hydroxylation is 2. The summed E-state index contributed by atoms with van der Waals surface area (Å²) < 4.78 is 1.90. The van der Waals surface area contributed by atoms with Gasteiger partial charge in [-0.1, -0.05) is 6.07 Å². The lowest BCUT2D eigenvalue weighted by Gasteiger charge is -2.34. The second kappa shape index (κ2) is 5.85. The zero-order chi connectivity index (χ0) is 14.8. The van der Waals surface area contributed by atoms with Gasteiger partial charge in [0.2, 0.25) is 0 Å². The summed E-state index contributed by atoms with van der Waals surface area (Å²) in [5, 5.41) is 10.5. The summed E-state index contributed by atoms with van der Waals surface area (Å²) in [5.41, 5.74) is 1.04. The van der Waals surface area contributed by atoms with Crippen molar-refractivity contribution in [3.63, 3.8) is 0 Å². The van der Waals surface area contributed by atoms with Gasteiger partial charge in [0.05, 0.1) is 0 Å². The quantitative estimate of drug-likeness (QED) is 0.938. The molecule has 21 heavy (non-hydrogen) atoms. The Bertz CT molecular complexity index is 602. The van der Waals surface area contributed by atoms with Gasteiger partial charge in [-0.15, -0.1) is 0 Å². The molecule has 3 heterocycles. The molecule has 1 aliphatic rings. The summed E-state index contributed by atoms with van der Waals surface area (Å²) in [5.74, 6) is 2.08. The first-order chi connectivity index (χ1) is 10.1. The van der Waals surface area contributed by atoms with Crippen LogP contribution in [0.25, 0.3) is 0 Å². The Balaban J connectivity index is 1.64. The summed E-state index contributed by atoms with van der Waals surface area (Å²) in [4.78, 5) is 11.1. The van der Waals surface area contributed by atoms with Crippen LogP contribution in [0.3, 0.4) is 0 Å². The Morgan fingerprint density at radius 1 is 1.29 bits per heavy atom. The van der Waals surface area contributed by atoms with E-state index in [1.807, 2.05) is 36.9 Å². The number of nitrogens with zero attached hydrogens (tertiary/aromatic N) is 4. The first-order valence-electron chi connectivity index (χ1n) is 7.49. The van der Waals surface area contributed by atoms with Crippen LogP contribution in [-0.2, 0) is 7.05 Å². The molecule has 3 rings (SSSR count). The zero-order valence-corrected chi connectivity index (χ0v) is 12.6. The van der Waals surface area contributed by atoms with Gasteiger partial charge < -0.3 is 14.6 Å². The van der Waals surface area contributed by atoms with E-state index in [9.17, 15) is 5.11 Å². The minimum Gasteiger partial charge on any atom is -0.385 e. The number of anilines is 1. The zero-order valence-electron chi connectivity index (χ0n) is 12.6. The van der Waals surface area contributed by atoms with Crippen LogP contribution >= 0.6 is 0 Å². The van der Waals surface area contributed by atoms with E-state index in [1.165, 1.54) is 0 Å². The summed E-state index contributed by atoms with van der Waals surface area (Å²) in [7, 11) is 1.93. The molecule has 1 atom stereocenters. The van der Waals surface area contributed by atoms with Crippen LogP contribution in [0.4, 0.5) is 5.82 Å². The van der Waals surface area contributed by atoms with E-state index in [2.05, 4.69) is 20.9 Å². The van der Waals surface area contributed by atoms with Crippen LogP contribution in [0.1, 0.15) is 30.5 Å². The van der Waals surface area contributed by atoms with E-state index in [0.29, 0.717) is 0 Å². The molecule has 2 aromatic rings. The van der Waals surface area contributed by atoms with Crippen LogP contribution in [0.5, 0.6) is 0 Å². The lowest BCUT2D eigenvalue weighted by molar-refractivity contribution is 0.0824. The van der Waals surface area contributed by atoms with Gasteiger partial charge in [0, 0.05) is 38.2 Å². The first-order valence-corrected chi connectivity index (χ1v) is 7.49. The number of hydrogen-bond acceptors (Lipinski definition) is 4. The van der Waals surface area contributed by atoms with Crippen LogP contribution in [0.2, 0.25) is 0 Å². The third-order valence-corrected chi connectivity index (χ3v) is 4.31. The predicted molar refractivity (Wildman–Crippen MR) is 82.1 cm³/mol. The maximum absolute atomic E-state index is 10.5. The second-order valence-electron chi connectivity index (χ2n) is 5.80. The lowest BCUT2D eigenvalue weighted by atomic mass is 9.90. The molecule has 2 aromatic heterocycles. The van der Waals surface area contributed by atoms with Crippen molar-refractivity contribution in [3.05, 3.63) is 42.1 Å². The molecule has 0 radical (unpaired) electrons. The molecule has 1 unspecified atom stereocenters. The molecule has 1 aliphatic heterocycles. The van der Waals surface area contributed by atoms with E-state index in [4.69, 9.17) is 0 Å². The van der Waals surface area contributed by atoms with Crippen molar-refractivity contribution in [1.82, 2.24) is 14.5 Å². The van der Waals surface area contributed by atoms with Crippen LogP contribution in [0.15, 0.2) is 30.6 Å². The van der Waals surface area contributed by atoms with E-state index in [0.717, 1.165) is 43.3 Å². The molecule has 0 aromatic carbocycles. The molecule has 112 valence electrons. The molecule has 0 amide bonds. The van der Waals surface area contributed by atoms with Gasteiger partial charge in [0.15, 0.2) is 0 Å². The maximum Gasteiger partial charge on any atom is 0.137 e. The lowest BCUT2D eigenvalue weighted by Crippen LogP contribution is -2.36. The Morgan fingerprint density at radius 2 is 2.05 bits per heavy atom. The second-order valence-corrected chi connectivity index (χ2v) is 5.80. The third-order valence-electron chi connectivity index (χ3n) is 4.31. The summed E-state index contributed by atoms with van der Waals surface area (Å²) in [6, 6.07) is 6.12. The van der Waals surface area contributed by atoms with Crippen molar-refractivity contribution in [3.8, 4) is 0 Å². The largest absolute Gasteiger partial charge is 0.385 e. The van der Waals surface area contributed by atoms with Gasteiger partial charge in [-0.2, -0.15) is 0 Å². The highest BCUT2D eigenvalue weighted by Crippen LogP contribution is 2.31. The van der Waals surface area contributed by atoms with Gasteiger partial charge in [-0.25, -0.2) is 9.97 Å². The molecule has 1 N–H and O–H groups in total. The van der Waals surface area contributed by atoms with Crippen molar-refractivity contribution in [1.29, 1.82) is 0 Å². The molecule has 0 saturated carbocycles. The monoisotopic (exact) mass is 286 g/mol. The first kappa shape index (κ1) is 14.1. The molecule has 5 nitrogen and oxygen atoms in total. The van der Waals surface area contributed by atoms with E-state index in [-0.39, 0.29) is 5.92 Å². The fraction of sp³-hybridized carbons (Fsp3) is 0.500. The van der Waals surface area contributed by atoms with Crippen LogP contribution in [0, 0.1) is 12.8 Å². The number of rotatable bonds is 3. The van der Waals surface area contributed by atoms with Crippen molar-refractivity contribution >= 4 is 5.82 Å². The predicted octanol–water partition coefficient (Wildman–Crippen LogP) is 2.07. The SMILES string of the molecule is Cc1cccc(N2CCC(C(O)c3nccn3C)CC2)n1. The molecule has 5 heteroatoms. The highest BCUT2D eigenvalue weighted by molar-refractivity contribution is 5.39. The number of aliphatic hydroxyl groups excluding tert-OH is 1. The van der Waals surface area contributed by atoms with Crippen molar-refractivity contribution in [2.45, 2.75) is 25.9 Å². The highest BCUT2D eigenvalue weighted by atomic mass is 16.3. The number of aromatic nitrogens is 3. The van der Waals surface area contributed by atoms with Crippen LogP contribution in [-0.4, -0.2) is 32.7 Å². The summed E-state index contributed by atoms with van der Waals surface area (Å²) in [6.07, 6.45) is 5.07. The molecular weight excluding hydrogens is 264 g/mol. The average molecular weight is 286 g/mol. The minimum atomic E-state index is -0.474. The highest BCUT2D eigenvalue weighted by Gasteiger charge is 2.28. The number of piperidine rings is 1. The van der Waals surface area contributed by atoms with Gasteiger partial charge in [-0.05, 0) is 37.8 Å². The van der Waals surface area contributed by atoms with Gasteiger partial charge in [0.25, 0.3) is 0 Å². The van der Waals surface area contributed by atoms with Crippen LogP contribution < -0.4 is 4.90 Å². The maximum atomic E-state index is 10.5. The van der Waals surface area contributed by atoms with Gasteiger partial charge in [0.1, 0.15) is 17.7 Å². The smallest absolute Gasteiger partial charge is 0.137 e. The number of aliphatic hydroxyl groups is 1. The van der Waals surface area contributed by atoms with Crippen molar-refractivity contribution in [2.24, 2.45) is 13.0 Å². The normalized spacial score (nSPS) is 18.0. The minimum absolute atomic E-state index is 0.271. The molecule has 0 bridgehead atoms. The molecule has 1 saturated heterocycles. The van der Waals surface area contributed by atoms with Gasteiger partial charge >= 0.3 is 0 Å². The van der Waals surface area contributed by atoms with E-state index in [1.54, 1.807) is 6.20 Å². The Kier molecular flexibility index (Phi) is 3.92. The summed E-state index contributed by atoms with van der Waals surface area (Å²) >= 11 is 0. The fourth-order valence-electron chi connectivity index (χ4n) is 3.02. The fourth-order valence-corrected chi connectivity index (χ4v) is 3.02. The number of hydrogen-bond donors (Lipinski definition) is 1. The van der Waals surface area contributed by atoms with E-state index < -0.39 is 6.10 Å². The molecule has 0 spiro atoms. The summed E-state index contributed by atoms with van der Waals surface area (Å²) in [6.45, 7) is 3.88. The third kappa shape index (κ3) is 2.93. The molecule has 0 aliphatic carbocycles. The van der Waals surface area contributed by atoms with E-state index >= 15 is 0 Å². The molecular formula is C16H22N4O. The van der Waals surface area contributed by atoms with Gasteiger partial charge in [-0.3, -0.25) is 0 Å². The molecule has 1 fully saturated rings. The number of pyridine rings is 1. The standard InChI is InChI=1S/C16H22N4O/c1-12-4-3-5-14(18-12)20-9-6-13(7-10-20)15(21)16-17-8-11-19(16)2/h3-5,8,11,13,15,21H,6-7,9-10H2,1-2H3.